The van der Waals surface area contributed by atoms with Crippen LogP contribution in [0.3, 0.4) is 0 Å². The summed E-state index contributed by atoms with van der Waals surface area (Å²) < 4.78 is 6.76. The van der Waals surface area contributed by atoms with Crippen LogP contribution in [0.2, 0.25) is 0 Å². The SMILES string of the molecule is Cn1cc(C(=O)NCC2NCCc3ccccc32)c(-c2ccoc2)n1. The Labute approximate surface area is 145 Å². The first-order valence-corrected chi connectivity index (χ1v) is 8.38. The Morgan fingerprint density at radius 2 is 2.28 bits per heavy atom. The topological polar surface area (TPSA) is 72.1 Å². The first-order valence-electron chi connectivity index (χ1n) is 8.38. The van der Waals surface area contributed by atoms with Gasteiger partial charge in [-0.2, -0.15) is 5.10 Å². The smallest absolute Gasteiger partial charge is 0.255 e. The zero-order valence-electron chi connectivity index (χ0n) is 14.0. The van der Waals surface area contributed by atoms with Crippen molar-refractivity contribution < 1.29 is 9.21 Å². The van der Waals surface area contributed by atoms with Crippen molar-refractivity contribution in [2.24, 2.45) is 7.05 Å². The van der Waals surface area contributed by atoms with E-state index in [0.717, 1.165) is 18.5 Å². The highest BCUT2D eigenvalue weighted by Crippen LogP contribution is 2.24. The zero-order valence-corrected chi connectivity index (χ0v) is 14.0. The van der Waals surface area contributed by atoms with E-state index in [-0.39, 0.29) is 11.9 Å². The van der Waals surface area contributed by atoms with E-state index >= 15 is 0 Å². The van der Waals surface area contributed by atoms with E-state index in [1.54, 1.807) is 36.5 Å². The lowest BCUT2D eigenvalue weighted by molar-refractivity contribution is 0.0949. The number of amides is 1. The zero-order chi connectivity index (χ0) is 17.2. The average Bonchev–Trinajstić information content (AvgIpc) is 3.29. The highest BCUT2D eigenvalue weighted by atomic mass is 16.3. The number of benzene rings is 1. The van der Waals surface area contributed by atoms with E-state index in [1.165, 1.54) is 11.1 Å². The van der Waals surface area contributed by atoms with E-state index in [2.05, 4.69) is 33.9 Å². The van der Waals surface area contributed by atoms with Crippen LogP contribution in [0.15, 0.2) is 53.5 Å². The number of fused-ring (bicyclic) bond motifs is 1. The summed E-state index contributed by atoms with van der Waals surface area (Å²) in [5.74, 6) is -0.130. The standard InChI is InChI=1S/C19H20N4O2/c1-23-11-16(18(22-23)14-7-9-25-12-14)19(24)21-10-17-15-5-3-2-4-13(15)6-8-20-17/h2-5,7,9,11-12,17,20H,6,8,10H2,1H3,(H,21,24). The number of rotatable bonds is 4. The summed E-state index contributed by atoms with van der Waals surface area (Å²) in [5, 5.41) is 10.9. The molecule has 0 bridgehead atoms. The summed E-state index contributed by atoms with van der Waals surface area (Å²) in [5.41, 5.74) is 4.59. The molecule has 6 heteroatoms. The second-order valence-corrected chi connectivity index (χ2v) is 6.24. The quantitative estimate of drug-likeness (QED) is 0.767. The normalized spacial score (nSPS) is 16.4. The van der Waals surface area contributed by atoms with Crippen molar-refractivity contribution in [2.75, 3.05) is 13.1 Å². The molecule has 4 rings (SSSR count). The van der Waals surface area contributed by atoms with Gasteiger partial charge in [0.15, 0.2) is 0 Å². The molecule has 2 N–H and O–H groups in total. The van der Waals surface area contributed by atoms with Gasteiger partial charge < -0.3 is 15.1 Å². The Bertz CT molecular complexity index is 883. The lowest BCUT2D eigenvalue weighted by Crippen LogP contribution is -2.38. The molecule has 128 valence electrons. The van der Waals surface area contributed by atoms with Crippen LogP contribution in [0, 0.1) is 0 Å². The molecule has 3 heterocycles. The van der Waals surface area contributed by atoms with Crippen LogP contribution < -0.4 is 10.6 Å². The van der Waals surface area contributed by atoms with Crippen molar-refractivity contribution in [1.29, 1.82) is 0 Å². The highest BCUT2D eigenvalue weighted by Gasteiger charge is 2.22. The fourth-order valence-corrected chi connectivity index (χ4v) is 3.33. The van der Waals surface area contributed by atoms with Crippen LogP contribution in [0.5, 0.6) is 0 Å². The summed E-state index contributed by atoms with van der Waals surface area (Å²) >= 11 is 0. The minimum atomic E-state index is -0.130. The second-order valence-electron chi connectivity index (χ2n) is 6.24. The summed E-state index contributed by atoms with van der Waals surface area (Å²) in [7, 11) is 1.80. The number of carbonyl (C=O) groups excluding carboxylic acids is 1. The van der Waals surface area contributed by atoms with Gasteiger partial charge in [-0.05, 0) is 30.2 Å². The number of hydrogen-bond donors (Lipinski definition) is 2. The van der Waals surface area contributed by atoms with Gasteiger partial charge in [0.25, 0.3) is 5.91 Å². The minimum absolute atomic E-state index is 0.128. The maximum Gasteiger partial charge on any atom is 0.255 e. The van der Waals surface area contributed by atoms with Crippen molar-refractivity contribution in [3.63, 3.8) is 0 Å². The lowest BCUT2D eigenvalue weighted by atomic mass is 9.94. The van der Waals surface area contributed by atoms with E-state index < -0.39 is 0 Å². The molecular weight excluding hydrogens is 316 g/mol. The van der Waals surface area contributed by atoms with Crippen LogP contribution in [0.4, 0.5) is 0 Å². The Balaban J connectivity index is 1.51. The van der Waals surface area contributed by atoms with Crippen molar-refractivity contribution in [2.45, 2.75) is 12.5 Å². The molecule has 1 atom stereocenters. The minimum Gasteiger partial charge on any atom is -0.472 e. The summed E-state index contributed by atoms with van der Waals surface area (Å²) in [4.78, 5) is 12.7. The number of aryl methyl sites for hydroxylation is 1. The molecule has 2 aromatic heterocycles. The molecule has 1 aliphatic rings. The molecule has 25 heavy (non-hydrogen) atoms. The molecule has 0 aliphatic carbocycles. The molecular formula is C19H20N4O2. The Morgan fingerprint density at radius 3 is 3.12 bits per heavy atom. The molecule has 1 aliphatic heterocycles. The molecule has 1 unspecified atom stereocenters. The van der Waals surface area contributed by atoms with E-state index in [9.17, 15) is 4.79 Å². The number of hydrogen-bond acceptors (Lipinski definition) is 4. The molecule has 0 spiro atoms. The third-order valence-electron chi connectivity index (χ3n) is 4.55. The number of nitrogens with one attached hydrogen (secondary N) is 2. The van der Waals surface area contributed by atoms with Gasteiger partial charge >= 0.3 is 0 Å². The average molecular weight is 336 g/mol. The van der Waals surface area contributed by atoms with Gasteiger partial charge in [0.05, 0.1) is 18.1 Å². The largest absolute Gasteiger partial charge is 0.472 e. The first kappa shape index (κ1) is 15.7. The maximum atomic E-state index is 12.7. The van der Waals surface area contributed by atoms with Crippen LogP contribution in [-0.2, 0) is 13.5 Å². The van der Waals surface area contributed by atoms with Crippen molar-refractivity contribution >= 4 is 5.91 Å². The van der Waals surface area contributed by atoms with Crippen molar-refractivity contribution in [1.82, 2.24) is 20.4 Å². The van der Waals surface area contributed by atoms with Gasteiger partial charge in [-0.3, -0.25) is 9.48 Å². The van der Waals surface area contributed by atoms with Crippen LogP contribution in [0.25, 0.3) is 11.3 Å². The van der Waals surface area contributed by atoms with Crippen LogP contribution in [-0.4, -0.2) is 28.8 Å². The Morgan fingerprint density at radius 1 is 1.40 bits per heavy atom. The predicted octanol–water partition coefficient (Wildman–Crippen LogP) is 2.30. The predicted molar refractivity (Wildman–Crippen MR) is 94.1 cm³/mol. The monoisotopic (exact) mass is 336 g/mol. The highest BCUT2D eigenvalue weighted by molar-refractivity contribution is 5.99. The molecule has 1 aromatic carbocycles. The fourth-order valence-electron chi connectivity index (χ4n) is 3.33. The molecule has 3 aromatic rings. The van der Waals surface area contributed by atoms with Gasteiger partial charge in [-0.25, -0.2) is 0 Å². The Hall–Kier alpha value is -2.86. The molecule has 0 radical (unpaired) electrons. The molecule has 6 nitrogen and oxygen atoms in total. The van der Waals surface area contributed by atoms with Crippen molar-refractivity contribution in [3.8, 4) is 11.3 Å². The molecule has 1 amide bonds. The molecule has 0 saturated heterocycles. The van der Waals surface area contributed by atoms with Gasteiger partial charge in [0, 0.05) is 31.4 Å². The summed E-state index contributed by atoms with van der Waals surface area (Å²) in [6.45, 7) is 1.46. The number of furan rings is 1. The van der Waals surface area contributed by atoms with E-state index in [0.29, 0.717) is 17.8 Å². The third-order valence-corrected chi connectivity index (χ3v) is 4.55. The van der Waals surface area contributed by atoms with Gasteiger partial charge in [0.2, 0.25) is 0 Å². The van der Waals surface area contributed by atoms with E-state index in [4.69, 9.17) is 4.42 Å². The van der Waals surface area contributed by atoms with Gasteiger partial charge in [-0.15, -0.1) is 0 Å². The number of aromatic nitrogens is 2. The van der Waals surface area contributed by atoms with Gasteiger partial charge in [-0.1, -0.05) is 24.3 Å². The van der Waals surface area contributed by atoms with Crippen molar-refractivity contribution in [3.05, 3.63) is 65.7 Å². The second kappa shape index (κ2) is 6.57. The summed E-state index contributed by atoms with van der Waals surface area (Å²) in [6, 6.07) is 10.3. The molecule has 0 fully saturated rings. The fraction of sp³-hybridized carbons (Fsp3) is 0.263. The lowest BCUT2D eigenvalue weighted by Gasteiger charge is -2.27. The van der Waals surface area contributed by atoms with Crippen LogP contribution in [0.1, 0.15) is 27.5 Å². The number of carbonyl (C=O) groups is 1. The third kappa shape index (κ3) is 3.08. The summed E-state index contributed by atoms with van der Waals surface area (Å²) in [6.07, 6.45) is 5.93. The maximum absolute atomic E-state index is 12.7. The van der Waals surface area contributed by atoms with Gasteiger partial charge in [0.1, 0.15) is 5.69 Å². The molecule has 0 saturated carbocycles. The number of nitrogens with zero attached hydrogens (tertiary/aromatic N) is 2. The Kier molecular flexibility index (Phi) is 4.11. The van der Waals surface area contributed by atoms with E-state index in [1.807, 2.05) is 6.07 Å². The van der Waals surface area contributed by atoms with Crippen LogP contribution >= 0.6 is 0 Å². The first-order chi connectivity index (χ1) is 12.2.